The van der Waals surface area contributed by atoms with Crippen molar-refractivity contribution < 1.29 is 24.2 Å². The third kappa shape index (κ3) is 4.17. The highest BCUT2D eigenvalue weighted by molar-refractivity contribution is 5.89. The SMILES string of the molecule is CC(OCC1CCCCO1)C(=O)NC1(C(=O)O)CCCC1. The zero-order chi connectivity index (χ0) is 15.3. The van der Waals surface area contributed by atoms with Gasteiger partial charge >= 0.3 is 5.97 Å². The predicted molar refractivity (Wildman–Crippen MR) is 76.0 cm³/mol. The molecule has 1 amide bonds. The van der Waals surface area contributed by atoms with Crippen LogP contribution in [0, 0.1) is 0 Å². The average Bonchev–Trinajstić information content (AvgIpc) is 2.95. The van der Waals surface area contributed by atoms with Crippen molar-refractivity contribution >= 4 is 11.9 Å². The van der Waals surface area contributed by atoms with Gasteiger partial charge in [0, 0.05) is 6.61 Å². The highest BCUT2D eigenvalue weighted by atomic mass is 16.5. The number of amides is 1. The second-order valence-electron chi connectivity index (χ2n) is 6.05. The van der Waals surface area contributed by atoms with E-state index in [0.29, 0.717) is 19.4 Å². The second-order valence-corrected chi connectivity index (χ2v) is 6.05. The number of carboxylic acids is 1. The summed E-state index contributed by atoms with van der Waals surface area (Å²) in [7, 11) is 0. The highest BCUT2D eigenvalue weighted by Crippen LogP contribution is 2.30. The number of nitrogens with one attached hydrogen (secondary N) is 1. The number of carbonyl (C=O) groups is 2. The first kappa shape index (κ1) is 16.2. The summed E-state index contributed by atoms with van der Waals surface area (Å²) < 4.78 is 11.1. The molecule has 0 aromatic carbocycles. The smallest absolute Gasteiger partial charge is 0.329 e. The lowest BCUT2D eigenvalue weighted by Gasteiger charge is -2.28. The Kier molecular flexibility index (Phi) is 5.58. The number of carboxylic acid groups (broad SMARTS) is 1. The summed E-state index contributed by atoms with van der Waals surface area (Å²) in [5, 5.41) is 12.0. The van der Waals surface area contributed by atoms with E-state index in [2.05, 4.69) is 5.32 Å². The number of rotatable bonds is 6. The third-order valence-electron chi connectivity index (χ3n) is 4.40. The monoisotopic (exact) mass is 299 g/mol. The van der Waals surface area contributed by atoms with Gasteiger partial charge < -0.3 is 19.9 Å². The molecule has 0 aromatic rings. The zero-order valence-electron chi connectivity index (χ0n) is 12.6. The molecule has 6 heteroatoms. The minimum Gasteiger partial charge on any atom is -0.480 e. The van der Waals surface area contributed by atoms with Gasteiger partial charge in [0.05, 0.1) is 12.7 Å². The standard InChI is InChI=1S/C15H25NO5/c1-11(21-10-12-6-2-5-9-20-12)13(17)16-15(14(18)19)7-3-4-8-15/h11-12H,2-10H2,1H3,(H,16,17)(H,18,19). The first-order valence-corrected chi connectivity index (χ1v) is 7.82. The predicted octanol–water partition coefficient (Wildman–Crippen LogP) is 1.47. The maximum atomic E-state index is 12.1. The fraction of sp³-hybridized carbons (Fsp3) is 0.867. The Morgan fingerprint density at radius 1 is 1.33 bits per heavy atom. The van der Waals surface area contributed by atoms with Gasteiger partial charge in [0.25, 0.3) is 0 Å². The van der Waals surface area contributed by atoms with Crippen LogP contribution in [-0.4, -0.2) is 47.9 Å². The molecule has 2 N–H and O–H groups in total. The second kappa shape index (κ2) is 7.22. The van der Waals surface area contributed by atoms with E-state index in [1.165, 1.54) is 0 Å². The van der Waals surface area contributed by atoms with Crippen LogP contribution >= 0.6 is 0 Å². The Hall–Kier alpha value is -1.14. The summed E-state index contributed by atoms with van der Waals surface area (Å²) in [6.07, 6.45) is 5.19. The lowest BCUT2D eigenvalue weighted by Crippen LogP contribution is -2.55. The lowest BCUT2D eigenvalue weighted by molar-refractivity contribution is -0.150. The average molecular weight is 299 g/mol. The molecule has 1 saturated carbocycles. The molecule has 21 heavy (non-hydrogen) atoms. The Morgan fingerprint density at radius 3 is 2.62 bits per heavy atom. The summed E-state index contributed by atoms with van der Waals surface area (Å²) in [6.45, 7) is 2.79. The highest BCUT2D eigenvalue weighted by Gasteiger charge is 2.43. The number of aliphatic carboxylic acids is 1. The van der Waals surface area contributed by atoms with Crippen LogP contribution in [0.1, 0.15) is 51.9 Å². The van der Waals surface area contributed by atoms with Gasteiger partial charge in [-0.15, -0.1) is 0 Å². The van der Waals surface area contributed by atoms with Crippen LogP contribution in [0.25, 0.3) is 0 Å². The molecular weight excluding hydrogens is 274 g/mol. The molecule has 1 aliphatic carbocycles. The topological polar surface area (TPSA) is 84.9 Å². The Balaban J connectivity index is 1.80. The fourth-order valence-electron chi connectivity index (χ4n) is 2.97. The van der Waals surface area contributed by atoms with Gasteiger partial charge in [-0.1, -0.05) is 12.8 Å². The molecule has 0 aromatic heterocycles. The van der Waals surface area contributed by atoms with Crippen molar-refractivity contribution in [2.45, 2.75) is 69.6 Å². The van der Waals surface area contributed by atoms with Crippen molar-refractivity contribution in [3.63, 3.8) is 0 Å². The number of hydrogen-bond acceptors (Lipinski definition) is 4. The van der Waals surface area contributed by atoms with Gasteiger partial charge in [-0.25, -0.2) is 4.79 Å². The minimum atomic E-state index is -1.10. The number of carbonyl (C=O) groups excluding carboxylic acids is 1. The molecule has 1 heterocycles. The first-order valence-electron chi connectivity index (χ1n) is 7.82. The Morgan fingerprint density at radius 2 is 2.05 bits per heavy atom. The van der Waals surface area contributed by atoms with E-state index >= 15 is 0 Å². The lowest BCUT2D eigenvalue weighted by atomic mass is 9.97. The molecule has 2 fully saturated rings. The summed E-state index contributed by atoms with van der Waals surface area (Å²) in [6, 6.07) is 0. The van der Waals surface area contributed by atoms with Crippen LogP contribution in [-0.2, 0) is 19.1 Å². The van der Waals surface area contributed by atoms with Gasteiger partial charge in [0.2, 0.25) is 5.91 Å². The normalized spacial score (nSPS) is 26.2. The van der Waals surface area contributed by atoms with Crippen LogP contribution in [0.15, 0.2) is 0 Å². The van der Waals surface area contributed by atoms with E-state index in [9.17, 15) is 14.7 Å². The molecule has 0 radical (unpaired) electrons. The summed E-state index contributed by atoms with van der Waals surface area (Å²) in [5.74, 6) is -1.30. The molecule has 2 unspecified atom stereocenters. The van der Waals surface area contributed by atoms with Crippen LogP contribution in [0.4, 0.5) is 0 Å². The van der Waals surface area contributed by atoms with Crippen LogP contribution in [0.2, 0.25) is 0 Å². The summed E-state index contributed by atoms with van der Waals surface area (Å²) in [4.78, 5) is 23.6. The first-order chi connectivity index (χ1) is 10.0. The summed E-state index contributed by atoms with van der Waals surface area (Å²) in [5.41, 5.74) is -1.10. The van der Waals surface area contributed by atoms with Crippen LogP contribution in [0.3, 0.4) is 0 Å². The van der Waals surface area contributed by atoms with E-state index in [1.54, 1.807) is 6.92 Å². The Bertz CT molecular complexity index is 372. The molecule has 0 spiro atoms. The van der Waals surface area contributed by atoms with Crippen LogP contribution < -0.4 is 5.32 Å². The maximum Gasteiger partial charge on any atom is 0.329 e. The van der Waals surface area contributed by atoms with Crippen molar-refractivity contribution in [3.05, 3.63) is 0 Å². The molecular formula is C15H25NO5. The summed E-state index contributed by atoms with van der Waals surface area (Å²) >= 11 is 0. The van der Waals surface area contributed by atoms with Crippen molar-refractivity contribution in [1.29, 1.82) is 0 Å². The van der Waals surface area contributed by atoms with Crippen molar-refractivity contribution in [3.8, 4) is 0 Å². The van der Waals surface area contributed by atoms with E-state index in [1.807, 2.05) is 0 Å². The molecule has 2 aliphatic rings. The zero-order valence-corrected chi connectivity index (χ0v) is 12.6. The van der Waals surface area contributed by atoms with Gasteiger partial charge in [0.15, 0.2) is 0 Å². The quantitative estimate of drug-likeness (QED) is 0.776. The third-order valence-corrected chi connectivity index (χ3v) is 4.40. The molecule has 2 rings (SSSR count). The van der Waals surface area contributed by atoms with E-state index in [4.69, 9.17) is 9.47 Å². The van der Waals surface area contributed by atoms with E-state index < -0.39 is 17.6 Å². The van der Waals surface area contributed by atoms with E-state index in [0.717, 1.165) is 38.7 Å². The molecule has 1 saturated heterocycles. The molecule has 6 nitrogen and oxygen atoms in total. The van der Waals surface area contributed by atoms with Crippen LogP contribution in [0.5, 0.6) is 0 Å². The fourth-order valence-corrected chi connectivity index (χ4v) is 2.97. The minimum absolute atomic E-state index is 0.0499. The van der Waals surface area contributed by atoms with Crippen molar-refractivity contribution in [1.82, 2.24) is 5.32 Å². The maximum absolute atomic E-state index is 12.1. The largest absolute Gasteiger partial charge is 0.480 e. The Labute approximate surface area is 125 Å². The van der Waals surface area contributed by atoms with Crippen molar-refractivity contribution in [2.24, 2.45) is 0 Å². The van der Waals surface area contributed by atoms with Crippen molar-refractivity contribution in [2.75, 3.05) is 13.2 Å². The number of ether oxygens (including phenoxy) is 2. The molecule has 1 aliphatic heterocycles. The van der Waals surface area contributed by atoms with Gasteiger partial charge in [-0.2, -0.15) is 0 Å². The number of hydrogen-bond donors (Lipinski definition) is 2. The molecule has 2 atom stereocenters. The van der Waals surface area contributed by atoms with Gasteiger partial charge in [-0.05, 0) is 39.0 Å². The van der Waals surface area contributed by atoms with Gasteiger partial charge in [0.1, 0.15) is 11.6 Å². The molecule has 120 valence electrons. The van der Waals surface area contributed by atoms with Gasteiger partial charge in [-0.3, -0.25) is 4.79 Å². The molecule has 0 bridgehead atoms. The van der Waals surface area contributed by atoms with E-state index in [-0.39, 0.29) is 12.0 Å².